The summed E-state index contributed by atoms with van der Waals surface area (Å²) in [5.74, 6) is -0.346. The first-order valence-electron chi connectivity index (χ1n) is 3.92. The Morgan fingerprint density at radius 3 is 2.92 bits per heavy atom. The maximum atomic E-state index is 12.8. The van der Waals surface area contributed by atoms with Crippen LogP contribution in [-0.2, 0) is 7.05 Å². The summed E-state index contributed by atoms with van der Waals surface area (Å²) < 4.78 is 14.5. The van der Waals surface area contributed by atoms with Gasteiger partial charge in [0.15, 0.2) is 0 Å². The molecule has 65 valence electrons. The first-order chi connectivity index (χ1) is 6.25. The maximum Gasteiger partial charge on any atom is 0.131 e. The van der Waals surface area contributed by atoms with Crippen molar-refractivity contribution in [2.24, 2.45) is 7.05 Å². The maximum absolute atomic E-state index is 12.8. The number of rotatable bonds is 1. The third kappa shape index (κ3) is 1.59. The second-order valence-electron chi connectivity index (χ2n) is 2.83. The van der Waals surface area contributed by atoms with Crippen LogP contribution in [0.2, 0.25) is 0 Å². The average Bonchev–Trinajstić information content (AvgIpc) is 2.52. The molecule has 0 fully saturated rings. The van der Waals surface area contributed by atoms with Crippen molar-refractivity contribution in [2.45, 2.75) is 0 Å². The molecule has 1 radical (unpaired) electrons. The molecule has 0 amide bonds. The molecule has 0 saturated carbocycles. The third-order valence-electron chi connectivity index (χ3n) is 1.80. The fraction of sp³-hybridized carbons (Fsp3) is 0.100. The van der Waals surface area contributed by atoms with Crippen molar-refractivity contribution in [3.05, 3.63) is 42.5 Å². The largest absolute Gasteiger partial charge is 0.275 e. The highest BCUT2D eigenvalue weighted by Gasteiger charge is 2.00. The topological polar surface area (TPSA) is 17.8 Å². The summed E-state index contributed by atoms with van der Waals surface area (Å²) in [6.07, 6.45) is 3.55. The van der Waals surface area contributed by atoms with Crippen molar-refractivity contribution >= 4 is 0 Å². The van der Waals surface area contributed by atoms with Gasteiger partial charge in [0.1, 0.15) is 5.82 Å². The van der Waals surface area contributed by atoms with Crippen LogP contribution in [0.15, 0.2) is 30.6 Å². The fourth-order valence-corrected chi connectivity index (χ4v) is 1.19. The minimum absolute atomic E-state index is 0.346. The molecule has 0 atom stereocenters. The lowest BCUT2D eigenvalue weighted by Crippen LogP contribution is -1.84. The lowest BCUT2D eigenvalue weighted by molar-refractivity contribution is 0.626. The van der Waals surface area contributed by atoms with Crippen molar-refractivity contribution in [2.75, 3.05) is 0 Å². The standard InChI is InChI=1S/C10H8FN2/c1-13-7-9(6-12-13)8-3-2-4-10(11)5-8/h2-3,5-7H,1H3. The Kier molecular flexibility index (Phi) is 1.85. The predicted molar refractivity (Wildman–Crippen MR) is 47.4 cm³/mol. The summed E-state index contributed by atoms with van der Waals surface area (Å²) in [7, 11) is 1.83. The summed E-state index contributed by atoms with van der Waals surface area (Å²) in [4.78, 5) is 0. The molecule has 2 rings (SSSR count). The van der Waals surface area contributed by atoms with Crippen LogP contribution in [0.25, 0.3) is 11.1 Å². The molecule has 3 heteroatoms. The van der Waals surface area contributed by atoms with E-state index < -0.39 is 0 Å². The molecule has 1 aromatic carbocycles. The molecule has 2 aromatic rings. The SMILES string of the molecule is Cn1cc(-c2cc[c]c(F)c2)cn1. The molecule has 0 aliphatic heterocycles. The van der Waals surface area contributed by atoms with Crippen LogP contribution in [0.4, 0.5) is 4.39 Å². The molecule has 0 aliphatic carbocycles. The second kappa shape index (κ2) is 3.01. The minimum atomic E-state index is -0.346. The number of hydrogen-bond donors (Lipinski definition) is 0. The van der Waals surface area contributed by atoms with E-state index in [0.29, 0.717) is 0 Å². The summed E-state index contributed by atoms with van der Waals surface area (Å²) in [6, 6.07) is 7.27. The van der Waals surface area contributed by atoms with E-state index in [1.165, 1.54) is 6.07 Å². The smallest absolute Gasteiger partial charge is 0.131 e. The van der Waals surface area contributed by atoms with Crippen molar-refractivity contribution in [1.82, 2.24) is 9.78 Å². The van der Waals surface area contributed by atoms with Gasteiger partial charge >= 0.3 is 0 Å². The van der Waals surface area contributed by atoms with Crippen molar-refractivity contribution in [3.63, 3.8) is 0 Å². The van der Waals surface area contributed by atoms with Crippen molar-refractivity contribution < 1.29 is 4.39 Å². The van der Waals surface area contributed by atoms with Crippen LogP contribution in [-0.4, -0.2) is 9.78 Å². The summed E-state index contributed by atoms with van der Waals surface area (Å²) in [6.45, 7) is 0. The molecule has 0 unspecified atom stereocenters. The van der Waals surface area contributed by atoms with E-state index in [9.17, 15) is 4.39 Å². The number of halogens is 1. The molecule has 13 heavy (non-hydrogen) atoms. The van der Waals surface area contributed by atoms with Gasteiger partial charge in [0, 0.05) is 24.9 Å². The Bertz CT molecular complexity index is 420. The van der Waals surface area contributed by atoms with E-state index in [0.717, 1.165) is 11.1 Å². The molecule has 1 aromatic heterocycles. The molecule has 1 heterocycles. The van der Waals surface area contributed by atoms with Gasteiger partial charge in [-0.1, -0.05) is 12.1 Å². The van der Waals surface area contributed by atoms with Crippen LogP contribution in [0.3, 0.4) is 0 Å². The lowest BCUT2D eigenvalue weighted by atomic mass is 10.1. The normalized spacial score (nSPS) is 10.3. The average molecular weight is 175 g/mol. The number of benzene rings is 1. The van der Waals surface area contributed by atoms with E-state index in [-0.39, 0.29) is 5.82 Å². The van der Waals surface area contributed by atoms with Crippen LogP contribution in [0, 0.1) is 11.9 Å². The summed E-state index contributed by atoms with van der Waals surface area (Å²) in [5.41, 5.74) is 1.74. The van der Waals surface area contributed by atoms with Gasteiger partial charge < -0.3 is 0 Å². The van der Waals surface area contributed by atoms with Crippen molar-refractivity contribution in [1.29, 1.82) is 0 Å². The predicted octanol–water partition coefficient (Wildman–Crippen LogP) is 2.03. The highest BCUT2D eigenvalue weighted by atomic mass is 19.1. The van der Waals surface area contributed by atoms with Crippen LogP contribution in [0.5, 0.6) is 0 Å². The highest BCUT2D eigenvalue weighted by molar-refractivity contribution is 5.61. The molecule has 2 nitrogen and oxygen atoms in total. The third-order valence-corrected chi connectivity index (χ3v) is 1.80. The molecular weight excluding hydrogens is 167 g/mol. The zero-order chi connectivity index (χ0) is 9.26. The second-order valence-corrected chi connectivity index (χ2v) is 2.83. The zero-order valence-corrected chi connectivity index (χ0v) is 7.16. The monoisotopic (exact) mass is 175 g/mol. The van der Waals surface area contributed by atoms with Crippen LogP contribution in [0.1, 0.15) is 0 Å². The quantitative estimate of drug-likeness (QED) is 0.648. The Balaban J connectivity index is 2.46. The number of aryl methyl sites for hydroxylation is 1. The van der Waals surface area contributed by atoms with Crippen molar-refractivity contribution in [3.8, 4) is 11.1 Å². The number of hydrogen-bond acceptors (Lipinski definition) is 1. The van der Waals surface area contributed by atoms with E-state index in [4.69, 9.17) is 0 Å². The van der Waals surface area contributed by atoms with Gasteiger partial charge in [0.2, 0.25) is 0 Å². The summed E-state index contributed by atoms with van der Waals surface area (Å²) >= 11 is 0. The Labute approximate surface area is 75.6 Å². The lowest BCUT2D eigenvalue weighted by Gasteiger charge is -1.95. The fourth-order valence-electron chi connectivity index (χ4n) is 1.19. The Morgan fingerprint density at radius 2 is 2.31 bits per heavy atom. The molecule has 0 bridgehead atoms. The molecule has 0 spiro atoms. The van der Waals surface area contributed by atoms with E-state index in [2.05, 4.69) is 11.2 Å². The van der Waals surface area contributed by atoms with E-state index >= 15 is 0 Å². The Hall–Kier alpha value is -1.64. The minimum Gasteiger partial charge on any atom is -0.275 e. The molecule has 0 N–H and O–H groups in total. The van der Waals surface area contributed by atoms with Gasteiger partial charge in [-0.3, -0.25) is 4.68 Å². The molecule has 0 saturated heterocycles. The highest BCUT2D eigenvalue weighted by Crippen LogP contribution is 2.18. The first-order valence-corrected chi connectivity index (χ1v) is 3.92. The van der Waals surface area contributed by atoms with Crippen LogP contribution >= 0.6 is 0 Å². The van der Waals surface area contributed by atoms with Gasteiger partial charge in [-0.05, 0) is 11.6 Å². The number of aromatic nitrogens is 2. The molecular formula is C10H8FN2. The van der Waals surface area contributed by atoms with E-state index in [1.54, 1.807) is 23.0 Å². The van der Waals surface area contributed by atoms with Gasteiger partial charge in [-0.15, -0.1) is 0 Å². The first kappa shape index (κ1) is 7.98. The van der Waals surface area contributed by atoms with Crippen LogP contribution < -0.4 is 0 Å². The van der Waals surface area contributed by atoms with Gasteiger partial charge in [0.05, 0.1) is 6.20 Å². The van der Waals surface area contributed by atoms with E-state index in [1.807, 2.05) is 13.2 Å². The van der Waals surface area contributed by atoms with Gasteiger partial charge in [-0.2, -0.15) is 5.10 Å². The zero-order valence-electron chi connectivity index (χ0n) is 7.16. The number of nitrogens with zero attached hydrogens (tertiary/aromatic N) is 2. The van der Waals surface area contributed by atoms with Gasteiger partial charge in [-0.25, -0.2) is 4.39 Å². The Morgan fingerprint density at radius 1 is 1.46 bits per heavy atom. The molecule has 0 aliphatic rings. The summed E-state index contributed by atoms with van der Waals surface area (Å²) in [5, 5.41) is 4.01. The van der Waals surface area contributed by atoms with Gasteiger partial charge in [0.25, 0.3) is 0 Å².